The van der Waals surface area contributed by atoms with Crippen LogP contribution in [0.15, 0.2) is 42.6 Å². The van der Waals surface area contributed by atoms with Crippen molar-refractivity contribution in [2.45, 2.75) is 13.5 Å². The van der Waals surface area contributed by atoms with Gasteiger partial charge < -0.3 is 15.1 Å². The summed E-state index contributed by atoms with van der Waals surface area (Å²) in [4.78, 5) is 21.3. The van der Waals surface area contributed by atoms with Crippen LogP contribution in [0.5, 0.6) is 0 Å². The minimum absolute atomic E-state index is 0.0538. The molecule has 1 aliphatic rings. The van der Waals surface area contributed by atoms with Crippen molar-refractivity contribution in [3.8, 4) is 0 Å². The molecule has 5 heteroatoms. The SMILES string of the molecule is Cc1cccc(C(=O)NCc2ccc(N3CCN(C)CC3)nc2)c1. The lowest BCUT2D eigenvalue weighted by atomic mass is 10.1. The smallest absolute Gasteiger partial charge is 0.251 e. The highest BCUT2D eigenvalue weighted by atomic mass is 16.1. The number of hydrogen-bond donors (Lipinski definition) is 1. The number of carbonyl (C=O) groups is 1. The van der Waals surface area contributed by atoms with Crippen LogP contribution in [0.1, 0.15) is 21.5 Å². The van der Waals surface area contributed by atoms with E-state index in [-0.39, 0.29) is 5.91 Å². The molecule has 1 fully saturated rings. The van der Waals surface area contributed by atoms with E-state index < -0.39 is 0 Å². The molecule has 1 saturated heterocycles. The van der Waals surface area contributed by atoms with Gasteiger partial charge in [-0.05, 0) is 37.7 Å². The number of nitrogens with zero attached hydrogens (tertiary/aromatic N) is 3. The summed E-state index contributed by atoms with van der Waals surface area (Å²) >= 11 is 0. The van der Waals surface area contributed by atoms with Crippen LogP contribution in [0, 0.1) is 6.92 Å². The van der Waals surface area contributed by atoms with E-state index in [4.69, 9.17) is 0 Å². The third-order valence-corrected chi connectivity index (χ3v) is 4.37. The van der Waals surface area contributed by atoms with Crippen molar-refractivity contribution >= 4 is 11.7 Å². The Morgan fingerprint density at radius 2 is 1.96 bits per heavy atom. The molecule has 3 rings (SSSR count). The maximum atomic E-state index is 12.2. The molecule has 0 bridgehead atoms. The molecule has 1 N–H and O–H groups in total. The first-order chi connectivity index (χ1) is 11.6. The second-order valence-corrected chi connectivity index (χ2v) is 6.37. The topological polar surface area (TPSA) is 48.5 Å². The largest absolute Gasteiger partial charge is 0.354 e. The Kier molecular flexibility index (Phi) is 5.11. The summed E-state index contributed by atoms with van der Waals surface area (Å²) in [6.45, 7) is 6.62. The summed E-state index contributed by atoms with van der Waals surface area (Å²) in [5, 5.41) is 2.95. The molecule has 2 aromatic rings. The summed E-state index contributed by atoms with van der Waals surface area (Å²) in [5.41, 5.74) is 2.78. The monoisotopic (exact) mass is 324 g/mol. The second-order valence-electron chi connectivity index (χ2n) is 6.37. The highest BCUT2D eigenvalue weighted by molar-refractivity contribution is 5.94. The highest BCUT2D eigenvalue weighted by Gasteiger charge is 2.15. The molecular formula is C19H24N4O. The van der Waals surface area contributed by atoms with Crippen LogP contribution in [-0.4, -0.2) is 49.0 Å². The number of carbonyl (C=O) groups excluding carboxylic acids is 1. The molecule has 0 unspecified atom stereocenters. The number of nitrogens with one attached hydrogen (secondary N) is 1. The fourth-order valence-corrected chi connectivity index (χ4v) is 2.81. The second kappa shape index (κ2) is 7.45. The van der Waals surface area contributed by atoms with E-state index in [9.17, 15) is 4.79 Å². The maximum Gasteiger partial charge on any atom is 0.251 e. The number of aryl methyl sites for hydroxylation is 1. The fraction of sp³-hybridized carbons (Fsp3) is 0.368. The van der Waals surface area contributed by atoms with Gasteiger partial charge in [0.05, 0.1) is 0 Å². The van der Waals surface area contributed by atoms with Crippen LogP contribution in [0.3, 0.4) is 0 Å². The first-order valence-electron chi connectivity index (χ1n) is 8.35. The van der Waals surface area contributed by atoms with Crippen LogP contribution in [0.4, 0.5) is 5.82 Å². The number of amides is 1. The molecule has 1 aromatic heterocycles. The van der Waals surface area contributed by atoms with Gasteiger partial charge in [-0.15, -0.1) is 0 Å². The third-order valence-electron chi connectivity index (χ3n) is 4.37. The van der Waals surface area contributed by atoms with E-state index in [1.807, 2.05) is 49.5 Å². The van der Waals surface area contributed by atoms with Crippen molar-refractivity contribution in [2.75, 3.05) is 38.1 Å². The Hall–Kier alpha value is -2.40. The van der Waals surface area contributed by atoms with Gasteiger partial charge in [-0.2, -0.15) is 0 Å². The maximum absolute atomic E-state index is 12.2. The van der Waals surface area contributed by atoms with Gasteiger partial charge in [0.1, 0.15) is 5.82 Å². The number of piperazine rings is 1. The van der Waals surface area contributed by atoms with Gasteiger partial charge in [0.15, 0.2) is 0 Å². The molecule has 1 amide bonds. The van der Waals surface area contributed by atoms with E-state index in [2.05, 4.69) is 27.1 Å². The lowest BCUT2D eigenvalue weighted by Gasteiger charge is -2.33. The van der Waals surface area contributed by atoms with Crippen molar-refractivity contribution in [1.29, 1.82) is 0 Å². The van der Waals surface area contributed by atoms with Crippen molar-refractivity contribution in [2.24, 2.45) is 0 Å². The van der Waals surface area contributed by atoms with Crippen molar-refractivity contribution in [3.05, 3.63) is 59.3 Å². The lowest BCUT2D eigenvalue weighted by Crippen LogP contribution is -2.44. The minimum atomic E-state index is -0.0538. The van der Waals surface area contributed by atoms with Crippen molar-refractivity contribution < 1.29 is 4.79 Å². The van der Waals surface area contributed by atoms with E-state index in [1.165, 1.54) is 0 Å². The molecule has 0 radical (unpaired) electrons. The first kappa shape index (κ1) is 16.5. The molecule has 5 nitrogen and oxygen atoms in total. The minimum Gasteiger partial charge on any atom is -0.354 e. The number of pyridine rings is 1. The summed E-state index contributed by atoms with van der Waals surface area (Å²) in [5.74, 6) is 0.957. The molecule has 24 heavy (non-hydrogen) atoms. The Bertz CT molecular complexity index is 691. The van der Waals surface area contributed by atoms with Gasteiger partial charge in [0.25, 0.3) is 5.91 Å². The Morgan fingerprint density at radius 3 is 2.62 bits per heavy atom. The van der Waals surface area contributed by atoms with Gasteiger partial charge in [0, 0.05) is 44.5 Å². The van der Waals surface area contributed by atoms with Crippen molar-refractivity contribution in [1.82, 2.24) is 15.2 Å². The normalized spacial score (nSPS) is 15.3. The fourth-order valence-electron chi connectivity index (χ4n) is 2.81. The summed E-state index contributed by atoms with van der Waals surface area (Å²) in [7, 11) is 2.14. The lowest BCUT2D eigenvalue weighted by molar-refractivity contribution is 0.0951. The van der Waals surface area contributed by atoms with E-state index in [1.54, 1.807) is 0 Å². The predicted octanol–water partition coefficient (Wildman–Crippen LogP) is 2.07. The highest BCUT2D eigenvalue weighted by Crippen LogP contribution is 2.13. The molecule has 0 spiro atoms. The van der Waals surface area contributed by atoms with Crippen LogP contribution in [0.25, 0.3) is 0 Å². The van der Waals surface area contributed by atoms with Crippen LogP contribution < -0.4 is 10.2 Å². The molecule has 1 aromatic carbocycles. The third kappa shape index (κ3) is 4.11. The number of aromatic nitrogens is 1. The van der Waals surface area contributed by atoms with Gasteiger partial charge >= 0.3 is 0 Å². The molecule has 0 saturated carbocycles. The molecular weight excluding hydrogens is 300 g/mol. The molecule has 1 aliphatic heterocycles. The molecule has 0 atom stereocenters. The zero-order valence-electron chi connectivity index (χ0n) is 14.3. The molecule has 0 aliphatic carbocycles. The average Bonchev–Trinajstić information content (AvgIpc) is 2.61. The summed E-state index contributed by atoms with van der Waals surface area (Å²) in [6.07, 6.45) is 1.85. The number of benzene rings is 1. The van der Waals surface area contributed by atoms with E-state index in [0.717, 1.165) is 43.1 Å². The van der Waals surface area contributed by atoms with Gasteiger partial charge in [0.2, 0.25) is 0 Å². The summed E-state index contributed by atoms with van der Waals surface area (Å²) < 4.78 is 0. The number of anilines is 1. The standard InChI is InChI=1S/C19H24N4O/c1-15-4-3-5-17(12-15)19(24)21-14-16-6-7-18(20-13-16)23-10-8-22(2)9-11-23/h3-7,12-13H,8-11,14H2,1-2H3,(H,21,24). The number of hydrogen-bond acceptors (Lipinski definition) is 4. The van der Waals surface area contributed by atoms with Crippen molar-refractivity contribution in [3.63, 3.8) is 0 Å². The predicted molar refractivity (Wildman–Crippen MR) is 96.3 cm³/mol. The van der Waals surface area contributed by atoms with E-state index in [0.29, 0.717) is 12.1 Å². The number of likely N-dealkylation sites (N-methyl/N-ethyl adjacent to an activating group) is 1. The van der Waals surface area contributed by atoms with Gasteiger partial charge in [-0.25, -0.2) is 4.98 Å². The number of rotatable bonds is 4. The summed E-state index contributed by atoms with van der Waals surface area (Å²) in [6, 6.07) is 11.7. The molecule has 2 heterocycles. The van der Waals surface area contributed by atoms with E-state index >= 15 is 0 Å². The zero-order chi connectivity index (χ0) is 16.9. The van der Waals surface area contributed by atoms with Gasteiger partial charge in [-0.3, -0.25) is 4.79 Å². The van der Waals surface area contributed by atoms with Crippen LogP contribution in [-0.2, 0) is 6.54 Å². The average molecular weight is 324 g/mol. The van der Waals surface area contributed by atoms with Crippen LogP contribution in [0.2, 0.25) is 0 Å². The Labute approximate surface area is 143 Å². The quantitative estimate of drug-likeness (QED) is 0.935. The zero-order valence-corrected chi connectivity index (χ0v) is 14.3. The Balaban J connectivity index is 1.55. The Morgan fingerprint density at radius 1 is 1.17 bits per heavy atom. The first-order valence-corrected chi connectivity index (χ1v) is 8.35. The van der Waals surface area contributed by atoms with Gasteiger partial charge in [-0.1, -0.05) is 23.8 Å². The van der Waals surface area contributed by atoms with Crippen LogP contribution >= 0.6 is 0 Å². The molecule has 126 valence electrons.